The average molecular weight is 363 g/mol. The van der Waals surface area contributed by atoms with Gasteiger partial charge >= 0.3 is 6.09 Å². The van der Waals surface area contributed by atoms with Crippen molar-refractivity contribution in [3.8, 4) is 0 Å². The number of amides is 2. The number of hydrogen-bond acceptors (Lipinski definition) is 6. The van der Waals surface area contributed by atoms with Crippen LogP contribution in [0, 0.1) is 12.8 Å². The van der Waals surface area contributed by atoms with Gasteiger partial charge in [0.15, 0.2) is 0 Å². The lowest BCUT2D eigenvalue weighted by atomic mass is 10.1. The second-order valence-corrected chi connectivity index (χ2v) is 6.89. The normalized spacial score (nSPS) is 15.0. The van der Waals surface area contributed by atoms with Crippen molar-refractivity contribution in [2.75, 3.05) is 31.6 Å². The molecule has 144 valence electrons. The minimum Gasteiger partial charge on any atom is -0.450 e. The van der Waals surface area contributed by atoms with Crippen molar-refractivity contribution >= 4 is 17.8 Å². The number of hydrogen-bond donors (Lipinski definition) is 2. The topological polar surface area (TPSA) is 96.5 Å². The Balaban J connectivity index is 1.91. The Labute approximate surface area is 154 Å². The molecule has 1 aliphatic heterocycles. The molecule has 1 fully saturated rings. The summed E-state index contributed by atoms with van der Waals surface area (Å²) in [6, 6.07) is 1.70. The average Bonchev–Trinajstić information content (AvgIpc) is 2.60. The molecule has 0 spiro atoms. The van der Waals surface area contributed by atoms with Gasteiger partial charge in [-0.3, -0.25) is 4.79 Å². The van der Waals surface area contributed by atoms with Crippen LogP contribution in [0.15, 0.2) is 6.07 Å². The van der Waals surface area contributed by atoms with E-state index in [1.165, 1.54) is 0 Å². The van der Waals surface area contributed by atoms with Gasteiger partial charge in [-0.1, -0.05) is 13.8 Å². The quantitative estimate of drug-likeness (QED) is 0.804. The highest BCUT2D eigenvalue weighted by molar-refractivity contribution is 5.93. The number of piperidine rings is 1. The fraction of sp³-hybridized carbons (Fsp3) is 0.667. The van der Waals surface area contributed by atoms with Gasteiger partial charge in [-0.05, 0) is 32.6 Å². The maximum atomic E-state index is 12.5. The predicted octanol–water partition coefficient (Wildman–Crippen LogP) is 2.20. The van der Waals surface area contributed by atoms with Gasteiger partial charge < -0.3 is 20.3 Å². The van der Waals surface area contributed by atoms with Gasteiger partial charge in [0.05, 0.1) is 6.61 Å². The first kappa shape index (κ1) is 19.9. The number of nitrogens with zero attached hydrogens (tertiary/aromatic N) is 3. The summed E-state index contributed by atoms with van der Waals surface area (Å²) in [4.78, 5) is 34.5. The molecule has 0 aromatic carbocycles. The number of aromatic nitrogens is 2. The van der Waals surface area contributed by atoms with E-state index in [4.69, 9.17) is 4.74 Å². The summed E-state index contributed by atoms with van der Waals surface area (Å²) in [7, 11) is 0. The van der Waals surface area contributed by atoms with E-state index < -0.39 is 0 Å². The van der Waals surface area contributed by atoms with Gasteiger partial charge in [-0.15, -0.1) is 0 Å². The van der Waals surface area contributed by atoms with E-state index in [1.54, 1.807) is 24.8 Å². The molecule has 2 N–H and O–H groups in total. The first-order valence-corrected chi connectivity index (χ1v) is 9.21. The Kier molecular flexibility index (Phi) is 7.17. The van der Waals surface area contributed by atoms with Crippen LogP contribution in [0.2, 0.25) is 0 Å². The summed E-state index contributed by atoms with van der Waals surface area (Å²) >= 11 is 0. The van der Waals surface area contributed by atoms with E-state index in [9.17, 15) is 9.59 Å². The Morgan fingerprint density at radius 1 is 1.31 bits per heavy atom. The first-order chi connectivity index (χ1) is 12.4. The molecule has 0 radical (unpaired) electrons. The summed E-state index contributed by atoms with van der Waals surface area (Å²) < 4.78 is 5.01. The zero-order chi connectivity index (χ0) is 19.1. The molecule has 0 saturated carbocycles. The van der Waals surface area contributed by atoms with Gasteiger partial charge in [-0.2, -0.15) is 0 Å². The third kappa shape index (κ3) is 5.86. The molecule has 8 nitrogen and oxygen atoms in total. The molecule has 0 atom stereocenters. The molecule has 2 amide bonds. The molecule has 0 aliphatic carbocycles. The molecular weight excluding hydrogens is 334 g/mol. The lowest BCUT2D eigenvalue weighted by molar-refractivity contribution is 0.0856. The van der Waals surface area contributed by atoms with Crippen molar-refractivity contribution in [3.05, 3.63) is 17.6 Å². The molecule has 0 unspecified atom stereocenters. The maximum absolute atomic E-state index is 12.5. The van der Waals surface area contributed by atoms with Crippen molar-refractivity contribution in [3.63, 3.8) is 0 Å². The lowest BCUT2D eigenvalue weighted by Crippen LogP contribution is -2.46. The molecule has 0 bridgehead atoms. The summed E-state index contributed by atoms with van der Waals surface area (Å²) in [6.45, 7) is 10.1. The number of nitrogens with one attached hydrogen (secondary N) is 2. The molecule has 8 heteroatoms. The maximum Gasteiger partial charge on any atom is 0.409 e. The fourth-order valence-electron chi connectivity index (χ4n) is 2.76. The molecule has 1 aromatic heterocycles. The Morgan fingerprint density at radius 2 is 2.00 bits per heavy atom. The number of rotatable bonds is 6. The molecule has 1 saturated heterocycles. The first-order valence-electron chi connectivity index (χ1n) is 9.21. The number of likely N-dealkylation sites (tertiary alicyclic amines) is 1. The molecular formula is C18H29N5O3. The molecule has 2 rings (SSSR count). The third-order valence-corrected chi connectivity index (χ3v) is 4.12. The van der Waals surface area contributed by atoms with Crippen LogP contribution < -0.4 is 10.6 Å². The number of anilines is 1. The van der Waals surface area contributed by atoms with Gasteiger partial charge in [-0.25, -0.2) is 14.8 Å². The van der Waals surface area contributed by atoms with Crippen LogP contribution in [0.4, 0.5) is 10.6 Å². The highest BCUT2D eigenvalue weighted by atomic mass is 16.6. The van der Waals surface area contributed by atoms with Crippen LogP contribution in [0.1, 0.15) is 49.9 Å². The van der Waals surface area contributed by atoms with E-state index in [-0.39, 0.29) is 18.0 Å². The monoisotopic (exact) mass is 363 g/mol. The number of aryl methyl sites for hydroxylation is 1. The van der Waals surface area contributed by atoms with E-state index in [2.05, 4.69) is 34.4 Å². The summed E-state index contributed by atoms with van der Waals surface area (Å²) in [6.07, 6.45) is 1.12. The highest BCUT2D eigenvalue weighted by Gasteiger charge is 2.25. The number of carbonyl (C=O) groups excluding carboxylic acids is 2. The van der Waals surface area contributed by atoms with Crippen molar-refractivity contribution < 1.29 is 14.3 Å². The largest absolute Gasteiger partial charge is 0.450 e. The van der Waals surface area contributed by atoms with Gasteiger partial charge in [0.1, 0.15) is 17.3 Å². The van der Waals surface area contributed by atoms with Crippen LogP contribution >= 0.6 is 0 Å². The van der Waals surface area contributed by atoms with Crippen LogP contribution in [0.3, 0.4) is 0 Å². The van der Waals surface area contributed by atoms with Gasteiger partial charge in [0, 0.05) is 31.7 Å². The molecule has 26 heavy (non-hydrogen) atoms. The summed E-state index contributed by atoms with van der Waals surface area (Å²) in [5.41, 5.74) is 0.358. The Bertz CT molecular complexity index is 627. The molecule has 1 aliphatic rings. The van der Waals surface area contributed by atoms with E-state index in [0.717, 1.165) is 6.54 Å². The minimum absolute atomic E-state index is 0.0236. The van der Waals surface area contributed by atoms with Gasteiger partial charge in [0.25, 0.3) is 5.91 Å². The van der Waals surface area contributed by atoms with Gasteiger partial charge in [0.2, 0.25) is 0 Å². The van der Waals surface area contributed by atoms with Crippen LogP contribution in [-0.2, 0) is 4.74 Å². The van der Waals surface area contributed by atoms with Crippen LogP contribution in [0.25, 0.3) is 0 Å². The summed E-state index contributed by atoms with van der Waals surface area (Å²) in [5.74, 6) is 1.49. The lowest BCUT2D eigenvalue weighted by Gasteiger charge is -2.31. The second-order valence-electron chi connectivity index (χ2n) is 6.89. The smallest absolute Gasteiger partial charge is 0.409 e. The zero-order valence-corrected chi connectivity index (χ0v) is 16.0. The Morgan fingerprint density at radius 3 is 2.62 bits per heavy atom. The SMILES string of the molecule is CCOC(=O)N1CCC(NC(=O)c2cc(NCC(C)C)nc(C)n2)CC1. The molecule has 1 aromatic rings. The van der Waals surface area contributed by atoms with E-state index in [1.807, 2.05) is 0 Å². The standard InChI is InChI=1S/C18H29N5O3/c1-5-26-18(25)23-8-6-14(7-9-23)22-17(24)15-10-16(19-11-12(2)3)21-13(4)20-15/h10,12,14H,5-9,11H2,1-4H3,(H,22,24)(H,19,20,21). The minimum atomic E-state index is -0.287. The third-order valence-electron chi connectivity index (χ3n) is 4.12. The van der Waals surface area contributed by atoms with Crippen LogP contribution in [0.5, 0.6) is 0 Å². The van der Waals surface area contributed by atoms with Crippen molar-refractivity contribution in [1.82, 2.24) is 20.2 Å². The van der Waals surface area contributed by atoms with Crippen molar-refractivity contribution in [2.45, 2.75) is 46.6 Å². The predicted molar refractivity (Wildman–Crippen MR) is 99.2 cm³/mol. The van der Waals surface area contributed by atoms with Crippen LogP contribution in [-0.4, -0.2) is 59.2 Å². The van der Waals surface area contributed by atoms with Crippen molar-refractivity contribution in [2.24, 2.45) is 5.92 Å². The molecule has 2 heterocycles. The van der Waals surface area contributed by atoms with E-state index >= 15 is 0 Å². The highest BCUT2D eigenvalue weighted by Crippen LogP contribution is 2.13. The Hall–Kier alpha value is -2.38. The second kappa shape index (κ2) is 9.35. The van der Waals surface area contributed by atoms with E-state index in [0.29, 0.717) is 55.8 Å². The summed E-state index contributed by atoms with van der Waals surface area (Å²) in [5, 5.41) is 6.24. The number of carbonyl (C=O) groups is 2. The fourth-order valence-corrected chi connectivity index (χ4v) is 2.76. The zero-order valence-electron chi connectivity index (χ0n) is 16.0. The number of ether oxygens (including phenoxy) is 1. The van der Waals surface area contributed by atoms with Crippen molar-refractivity contribution in [1.29, 1.82) is 0 Å².